The molecule has 0 radical (unpaired) electrons. The number of nitrogens with one attached hydrogen (secondary N) is 1. The number of nitro groups is 1. The normalized spacial score (nSPS) is 12.5. The van der Waals surface area contributed by atoms with Crippen molar-refractivity contribution in [3.8, 4) is 0 Å². The molecule has 1 unspecified atom stereocenters. The van der Waals surface area contributed by atoms with Gasteiger partial charge >= 0.3 is 0 Å². The monoisotopic (exact) mass is 265 g/mol. The van der Waals surface area contributed by atoms with Crippen molar-refractivity contribution in [3.63, 3.8) is 0 Å². The molecular formula is C14H23N3O2. The Morgan fingerprint density at radius 2 is 2.11 bits per heavy atom. The molecule has 1 aromatic rings. The molecule has 1 N–H and O–H groups in total. The Balaban J connectivity index is 2.56. The number of rotatable bonds is 7. The first-order chi connectivity index (χ1) is 8.93. The van der Waals surface area contributed by atoms with E-state index in [4.69, 9.17) is 0 Å². The summed E-state index contributed by atoms with van der Waals surface area (Å²) in [4.78, 5) is 12.7. The van der Waals surface area contributed by atoms with Gasteiger partial charge in [-0.3, -0.25) is 10.1 Å². The Morgan fingerprint density at radius 3 is 2.68 bits per heavy atom. The number of nitro benzene ring substituents is 1. The Morgan fingerprint density at radius 1 is 1.42 bits per heavy atom. The van der Waals surface area contributed by atoms with E-state index in [1.54, 1.807) is 12.1 Å². The van der Waals surface area contributed by atoms with Crippen LogP contribution in [0.3, 0.4) is 0 Å². The Hall–Kier alpha value is -1.62. The van der Waals surface area contributed by atoms with Gasteiger partial charge in [0.25, 0.3) is 5.69 Å². The number of likely N-dealkylation sites (N-methyl/N-ethyl adjacent to an activating group) is 1. The molecule has 0 bridgehead atoms. The number of non-ortho nitro benzene ring substituents is 1. The molecule has 0 amide bonds. The molecule has 0 saturated heterocycles. The lowest BCUT2D eigenvalue weighted by Gasteiger charge is -2.23. The average Bonchev–Trinajstić information content (AvgIpc) is 2.36. The Kier molecular flexibility index (Phi) is 5.76. The fourth-order valence-corrected chi connectivity index (χ4v) is 1.88. The van der Waals surface area contributed by atoms with Gasteiger partial charge in [-0.2, -0.15) is 0 Å². The highest BCUT2D eigenvalue weighted by Gasteiger charge is 2.09. The SMILES string of the molecule is CCC(C)N(C)CCNc1cc(C)cc([N+](=O)[O-])c1. The fraction of sp³-hybridized carbons (Fsp3) is 0.571. The van der Waals surface area contributed by atoms with Crippen LogP contribution in [0.1, 0.15) is 25.8 Å². The lowest BCUT2D eigenvalue weighted by molar-refractivity contribution is -0.384. The van der Waals surface area contributed by atoms with Crippen molar-refractivity contribution in [3.05, 3.63) is 33.9 Å². The van der Waals surface area contributed by atoms with E-state index < -0.39 is 0 Å². The quantitative estimate of drug-likeness (QED) is 0.608. The van der Waals surface area contributed by atoms with Gasteiger partial charge in [0.05, 0.1) is 4.92 Å². The summed E-state index contributed by atoms with van der Waals surface area (Å²) in [5, 5.41) is 14.0. The number of aryl methyl sites for hydroxylation is 1. The van der Waals surface area contributed by atoms with Gasteiger partial charge in [0.2, 0.25) is 0 Å². The lowest BCUT2D eigenvalue weighted by atomic mass is 10.2. The molecule has 0 aromatic heterocycles. The highest BCUT2D eigenvalue weighted by Crippen LogP contribution is 2.20. The molecule has 0 aliphatic rings. The molecule has 0 aliphatic carbocycles. The highest BCUT2D eigenvalue weighted by atomic mass is 16.6. The van der Waals surface area contributed by atoms with Crippen LogP contribution in [-0.4, -0.2) is 36.0 Å². The van der Waals surface area contributed by atoms with Gasteiger partial charge in [0, 0.05) is 37.0 Å². The smallest absolute Gasteiger partial charge is 0.271 e. The third-order valence-corrected chi connectivity index (χ3v) is 3.41. The summed E-state index contributed by atoms with van der Waals surface area (Å²) in [6.07, 6.45) is 1.12. The fourth-order valence-electron chi connectivity index (χ4n) is 1.88. The van der Waals surface area contributed by atoms with Crippen molar-refractivity contribution in [1.82, 2.24) is 4.90 Å². The lowest BCUT2D eigenvalue weighted by Crippen LogP contribution is -2.32. The molecular weight excluding hydrogens is 242 g/mol. The predicted molar refractivity (Wildman–Crippen MR) is 78.7 cm³/mol. The number of anilines is 1. The van der Waals surface area contributed by atoms with Gasteiger partial charge in [0.15, 0.2) is 0 Å². The van der Waals surface area contributed by atoms with Crippen LogP contribution in [0.2, 0.25) is 0 Å². The van der Waals surface area contributed by atoms with Gasteiger partial charge in [-0.05, 0) is 38.9 Å². The third kappa shape index (κ3) is 4.87. The maximum atomic E-state index is 10.8. The first kappa shape index (κ1) is 15.4. The molecule has 0 aliphatic heterocycles. The van der Waals surface area contributed by atoms with Crippen LogP contribution < -0.4 is 5.32 Å². The highest BCUT2D eigenvalue weighted by molar-refractivity contribution is 5.53. The third-order valence-electron chi connectivity index (χ3n) is 3.41. The minimum absolute atomic E-state index is 0.137. The van der Waals surface area contributed by atoms with E-state index in [-0.39, 0.29) is 10.6 Å². The Labute approximate surface area is 114 Å². The second kappa shape index (κ2) is 7.09. The van der Waals surface area contributed by atoms with Crippen LogP contribution in [0.25, 0.3) is 0 Å². The topological polar surface area (TPSA) is 58.4 Å². The summed E-state index contributed by atoms with van der Waals surface area (Å²) < 4.78 is 0. The zero-order chi connectivity index (χ0) is 14.4. The van der Waals surface area contributed by atoms with Gasteiger partial charge in [-0.1, -0.05) is 6.92 Å². The van der Waals surface area contributed by atoms with Gasteiger partial charge in [0.1, 0.15) is 0 Å². The van der Waals surface area contributed by atoms with E-state index in [0.29, 0.717) is 6.04 Å². The number of benzene rings is 1. The van der Waals surface area contributed by atoms with Crippen LogP contribution in [-0.2, 0) is 0 Å². The van der Waals surface area contributed by atoms with Crippen molar-refractivity contribution >= 4 is 11.4 Å². The molecule has 106 valence electrons. The number of hydrogen-bond acceptors (Lipinski definition) is 4. The summed E-state index contributed by atoms with van der Waals surface area (Å²) in [6, 6.07) is 5.64. The first-order valence-corrected chi connectivity index (χ1v) is 6.64. The average molecular weight is 265 g/mol. The van der Waals surface area contributed by atoms with Crippen molar-refractivity contribution in [2.75, 3.05) is 25.5 Å². The maximum Gasteiger partial charge on any atom is 0.271 e. The van der Waals surface area contributed by atoms with E-state index in [0.717, 1.165) is 30.8 Å². The molecule has 1 rings (SSSR count). The molecule has 0 saturated carbocycles. The maximum absolute atomic E-state index is 10.8. The second-order valence-electron chi connectivity index (χ2n) is 4.98. The van der Waals surface area contributed by atoms with Gasteiger partial charge in [-0.25, -0.2) is 0 Å². The molecule has 5 heteroatoms. The summed E-state index contributed by atoms with van der Waals surface area (Å²) in [5.74, 6) is 0. The Bertz CT molecular complexity index is 435. The van der Waals surface area contributed by atoms with E-state index in [2.05, 4.69) is 31.1 Å². The summed E-state index contributed by atoms with van der Waals surface area (Å²) in [6.45, 7) is 7.91. The zero-order valence-corrected chi connectivity index (χ0v) is 12.1. The minimum atomic E-state index is -0.358. The van der Waals surface area contributed by atoms with Crippen molar-refractivity contribution in [2.45, 2.75) is 33.2 Å². The minimum Gasteiger partial charge on any atom is -0.384 e. The van der Waals surface area contributed by atoms with Crippen LogP contribution in [0.4, 0.5) is 11.4 Å². The van der Waals surface area contributed by atoms with Crippen molar-refractivity contribution in [1.29, 1.82) is 0 Å². The number of hydrogen-bond donors (Lipinski definition) is 1. The van der Waals surface area contributed by atoms with Gasteiger partial charge < -0.3 is 10.2 Å². The van der Waals surface area contributed by atoms with E-state index in [9.17, 15) is 10.1 Å². The van der Waals surface area contributed by atoms with Crippen LogP contribution in [0.5, 0.6) is 0 Å². The standard InChI is InChI=1S/C14H23N3O2/c1-5-12(3)16(4)7-6-15-13-8-11(2)9-14(10-13)17(18)19/h8-10,12,15H,5-7H2,1-4H3. The molecule has 0 heterocycles. The molecule has 19 heavy (non-hydrogen) atoms. The predicted octanol–water partition coefficient (Wildman–Crippen LogP) is 3.05. The van der Waals surface area contributed by atoms with Crippen LogP contribution in [0.15, 0.2) is 18.2 Å². The van der Waals surface area contributed by atoms with Crippen LogP contribution in [0, 0.1) is 17.0 Å². The molecule has 5 nitrogen and oxygen atoms in total. The van der Waals surface area contributed by atoms with E-state index >= 15 is 0 Å². The van der Waals surface area contributed by atoms with Crippen LogP contribution >= 0.6 is 0 Å². The van der Waals surface area contributed by atoms with Crippen molar-refractivity contribution in [2.24, 2.45) is 0 Å². The van der Waals surface area contributed by atoms with E-state index in [1.165, 1.54) is 0 Å². The van der Waals surface area contributed by atoms with E-state index in [1.807, 2.05) is 13.0 Å². The molecule has 0 spiro atoms. The number of nitrogens with zero attached hydrogens (tertiary/aromatic N) is 2. The summed E-state index contributed by atoms with van der Waals surface area (Å²) in [7, 11) is 2.09. The zero-order valence-electron chi connectivity index (χ0n) is 12.1. The largest absolute Gasteiger partial charge is 0.384 e. The summed E-state index contributed by atoms with van der Waals surface area (Å²) >= 11 is 0. The first-order valence-electron chi connectivity index (χ1n) is 6.64. The second-order valence-corrected chi connectivity index (χ2v) is 4.98. The summed E-state index contributed by atoms with van der Waals surface area (Å²) in [5.41, 5.74) is 1.84. The van der Waals surface area contributed by atoms with Crippen molar-refractivity contribution < 1.29 is 4.92 Å². The molecule has 0 fully saturated rings. The van der Waals surface area contributed by atoms with Gasteiger partial charge in [-0.15, -0.1) is 0 Å². The molecule has 1 atom stereocenters. The molecule has 1 aromatic carbocycles.